The number of morpholine rings is 1. The first kappa shape index (κ1) is 23.4. The fourth-order valence-corrected chi connectivity index (χ4v) is 5.01. The van der Waals surface area contributed by atoms with Crippen molar-refractivity contribution in [1.29, 1.82) is 0 Å². The number of rotatable bonds is 9. The van der Waals surface area contributed by atoms with E-state index in [4.69, 9.17) is 17.0 Å². The van der Waals surface area contributed by atoms with Crippen molar-refractivity contribution >= 4 is 62.1 Å². The Morgan fingerprint density at radius 3 is 2.83 bits per heavy atom. The van der Waals surface area contributed by atoms with E-state index in [-0.39, 0.29) is 11.8 Å². The molecule has 2 aliphatic rings. The maximum absolute atomic E-state index is 12.7. The summed E-state index contributed by atoms with van der Waals surface area (Å²) in [5.41, 5.74) is 0.946. The average Bonchev–Trinajstić information content (AvgIpc) is 2.99. The summed E-state index contributed by atoms with van der Waals surface area (Å²) in [4.78, 5) is 29.3. The van der Waals surface area contributed by atoms with Crippen LogP contribution in [0.2, 0.25) is 0 Å². The van der Waals surface area contributed by atoms with Gasteiger partial charge in [0, 0.05) is 37.1 Å². The Labute approximate surface area is 195 Å². The number of hydrogen-bond donors (Lipinski definition) is 1. The molecule has 1 aromatic carbocycles. The first-order valence-corrected chi connectivity index (χ1v) is 12.1. The van der Waals surface area contributed by atoms with Gasteiger partial charge < -0.3 is 10.1 Å². The van der Waals surface area contributed by atoms with E-state index in [1.54, 1.807) is 4.90 Å². The predicted molar refractivity (Wildman–Crippen MR) is 128 cm³/mol. The average molecular weight is 512 g/mol. The molecule has 2 saturated heterocycles. The van der Waals surface area contributed by atoms with Crippen molar-refractivity contribution in [3.05, 3.63) is 39.2 Å². The van der Waals surface area contributed by atoms with Gasteiger partial charge in [-0.1, -0.05) is 52.0 Å². The van der Waals surface area contributed by atoms with Crippen molar-refractivity contribution in [3.63, 3.8) is 0 Å². The zero-order valence-electron chi connectivity index (χ0n) is 16.8. The first-order chi connectivity index (χ1) is 14.5. The highest BCUT2D eigenvalue weighted by Crippen LogP contribution is 2.33. The van der Waals surface area contributed by atoms with E-state index in [0.29, 0.717) is 35.2 Å². The number of thioether (sulfide) groups is 1. The highest BCUT2D eigenvalue weighted by Gasteiger charge is 2.31. The van der Waals surface area contributed by atoms with E-state index in [1.807, 2.05) is 30.3 Å². The van der Waals surface area contributed by atoms with Gasteiger partial charge in [0.05, 0.1) is 18.1 Å². The lowest BCUT2D eigenvalue weighted by Gasteiger charge is -2.26. The number of amides is 2. The molecule has 0 atom stereocenters. The van der Waals surface area contributed by atoms with Crippen LogP contribution in [-0.4, -0.2) is 71.9 Å². The summed E-state index contributed by atoms with van der Waals surface area (Å²) in [6, 6.07) is 7.77. The van der Waals surface area contributed by atoms with Gasteiger partial charge in [0.1, 0.15) is 4.32 Å². The molecule has 0 saturated carbocycles. The SMILES string of the molecule is O=C(CCCN1C(=O)/C(=C/c2cccc(Br)c2)SC1=S)NCCCN1CCOCC1. The summed E-state index contributed by atoms with van der Waals surface area (Å²) in [7, 11) is 0. The largest absolute Gasteiger partial charge is 0.379 e. The van der Waals surface area contributed by atoms with Crippen molar-refractivity contribution in [3.8, 4) is 0 Å². The number of carbonyl (C=O) groups excluding carboxylic acids is 2. The highest BCUT2D eigenvalue weighted by atomic mass is 79.9. The summed E-state index contributed by atoms with van der Waals surface area (Å²) >= 11 is 10.1. The Balaban J connectivity index is 1.36. The van der Waals surface area contributed by atoms with Crippen LogP contribution in [0, 0.1) is 0 Å². The van der Waals surface area contributed by atoms with Crippen LogP contribution in [-0.2, 0) is 14.3 Å². The van der Waals surface area contributed by atoms with Gasteiger partial charge in [0.25, 0.3) is 5.91 Å². The van der Waals surface area contributed by atoms with Gasteiger partial charge in [-0.15, -0.1) is 0 Å². The van der Waals surface area contributed by atoms with Gasteiger partial charge >= 0.3 is 0 Å². The number of hydrogen-bond acceptors (Lipinski definition) is 6. The second-order valence-electron chi connectivity index (χ2n) is 7.15. The Hall–Kier alpha value is -1.26. The van der Waals surface area contributed by atoms with Crippen LogP contribution in [0.25, 0.3) is 6.08 Å². The Morgan fingerprint density at radius 2 is 2.07 bits per heavy atom. The number of nitrogens with zero attached hydrogens (tertiary/aromatic N) is 2. The molecule has 2 amide bonds. The quantitative estimate of drug-likeness (QED) is 0.312. The maximum atomic E-state index is 12.7. The Kier molecular flexibility index (Phi) is 9.32. The molecule has 0 radical (unpaired) electrons. The molecule has 2 fully saturated rings. The Bertz CT molecular complexity index is 812. The molecular formula is C21H26BrN3O3S2. The van der Waals surface area contributed by atoms with Crippen molar-refractivity contribution in [2.75, 3.05) is 45.9 Å². The number of nitrogens with one attached hydrogen (secondary N) is 1. The summed E-state index contributed by atoms with van der Waals surface area (Å²) in [6.07, 6.45) is 3.76. The van der Waals surface area contributed by atoms with Gasteiger partial charge in [0.15, 0.2) is 0 Å². The molecule has 1 N–H and O–H groups in total. The molecule has 0 unspecified atom stereocenters. The second kappa shape index (κ2) is 12.0. The van der Waals surface area contributed by atoms with Crippen LogP contribution in [0.5, 0.6) is 0 Å². The monoisotopic (exact) mass is 511 g/mol. The van der Waals surface area contributed by atoms with Gasteiger partial charge in [-0.2, -0.15) is 0 Å². The molecule has 1 aromatic rings. The topological polar surface area (TPSA) is 61.9 Å². The normalized spacial score (nSPS) is 19.0. The van der Waals surface area contributed by atoms with Gasteiger partial charge in [-0.25, -0.2) is 0 Å². The second-order valence-corrected chi connectivity index (χ2v) is 9.74. The Morgan fingerprint density at radius 1 is 1.27 bits per heavy atom. The number of thiocarbonyl (C=S) groups is 1. The van der Waals surface area contributed by atoms with Crippen LogP contribution in [0.1, 0.15) is 24.8 Å². The summed E-state index contributed by atoms with van der Waals surface area (Å²) in [5.74, 6) is -0.0667. The lowest BCUT2D eigenvalue weighted by molar-refractivity contribution is -0.124. The van der Waals surface area contributed by atoms with E-state index in [9.17, 15) is 9.59 Å². The van der Waals surface area contributed by atoms with Crippen molar-refractivity contribution in [1.82, 2.24) is 15.1 Å². The fraction of sp³-hybridized carbons (Fsp3) is 0.476. The minimum absolute atomic E-state index is 0.0205. The third-order valence-corrected chi connectivity index (χ3v) is 6.75. The molecule has 2 aliphatic heterocycles. The molecular weight excluding hydrogens is 486 g/mol. The lowest BCUT2D eigenvalue weighted by Crippen LogP contribution is -2.38. The number of benzene rings is 1. The molecule has 0 aliphatic carbocycles. The van der Waals surface area contributed by atoms with Gasteiger partial charge in [0.2, 0.25) is 5.91 Å². The van der Waals surface area contributed by atoms with Gasteiger partial charge in [-0.05, 0) is 43.2 Å². The molecule has 6 nitrogen and oxygen atoms in total. The van der Waals surface area contributed by atoms with Gasteiger partial charge in [-0.3, -0.25) is 19.4 Å². The summed E-state index contributed by atoms with van der Waals surface area (Å²) in [6.45, 7) is 5.63. The fourth-order valence-electron chi connectivity index (χ4n) is 3.28. The molecule has 0 aromatic heterocycles. The number of ether oxygens (including phenoxy) is 1. The smallest absolute Gasteiger partial charge is 0.266 e. The molecule has 2 heterocycles. The van der Waals surface area contributed by atoms with E-state index in [1.165, 1.54) is 11.8 Å². The maximum Gasteiger partial charge on any atom is 0.266 e. The molecule has 9 heteroatoms. The number of halogens is 1. The van der Waals surface area contributed by atoms with E-state index >= 15 is 0 Å². The third kappa shape index (κ3) is 7.16. The minimum Gasteiger partial charge on any atom is -0.379 e. The standard InChI is InChI=1S/C21H26BrN3O3S2/c22-17-5-1-4-16(14-17)15-18-20(27)25(21(29)30-18)9-2-6-19(26)23-7-3-8-24-10-12-28-13-11-24/h1,4-5,14-15H,2-3,6-13H2,(H,23,26)/b18-15-. The van der Waals surface area contributed by atoms with Crippen LogP contribution in [0.3, 0.4) is 0 Å². The predicted octanol–water partition coefficient (Wildman–Crippen LogP) is 3.27. The van der Waals surface area contributed by atoms with Crippen molar-refractivity contribution < 1.29 is 14.3 Å². The first-order valence-electron chi connectivity index (χ1n) is 10.1. The zero-order valence-corrected chi connectivity index (χ0v) is 20.0. The molecule has 0 bridgehead atoms. The molecule has 30 heavy (non-hydrogen) atoms. The van der Waals surface area contributed by atoms with Crippen LogP contribution in [0.4, 0.5) is 0 Å². The third-order valence-electron chi connectivity index (χ3n) is 4.88. The molecule has 3 rings (SSSR count). The van der Waals surface area contributed by atoms with E-state index in [0.717, 1.165) is 49.3 Å². The molecule has 0 spiro atoms. The minimum atomic E-state index is -0.0871. The van der Waals surface area contributed by atoms with Crippen molar-refractivity contribution in [2.24, 2.45) is 0 Å². The highest BCUT2D eigenvalue weighted by molar-refractivity contribution is 9.10. The van der Waals surface area contributed by atoms with E-state index < -0.39 is 0 Å². The van der Waals surface area contributed by atoms with E-state index in [2.05, 4.69) is 26.1 Å². The number of carbonyl (C=O) groups is 2. The summed E-state index contributed by atoms with van der Waals surface area (Å²) in [5, 5.41) is 2.96. The van der Waals surface area contributed by atoms with Crippen LogP contribution in [0.15, 0.2) is 33.6 Å². The lowest BCUT2D eigenvalue weighted by atomic mass is 10.2. The van der Waals surface area contributed by atoms with Crippen LogP contribution < -0.4 is 5.32 Å². The zero-order chi connectivity index (χ0) is 21.3. The van der Waals surface area contributed by atoms with Crippen molar-refractivity contribution in [2.45, 2.75) is 19.3 Å². The molecule has 162 valence electrons. The summed E-state index contributed by atoms with van der Waals surface area (Å²) < 4.78 is 6.84. The van der Waals surface area contributed by atoms with Crippen LogP contribution >= 0.6 is 39.9 Å².